The van der Waals surface area contributed by atoms with Gasteiger partial charge in [-0.2, -0.15) is 0 Å². The third kappa shape index (κ3) is 3.82. The van der Waals surface area contributed by atoms with E-state index >= 15 is 0 Å². The molecule has 2 rings (SSSR count). The number of nitrogens with one attached hydrogen (secondary N) is 1. The van der Waals surface area contributed by atoms with Crippen molar-refractivity contribution in [2.24, 2.45) is 0 Å². The minimum absolute atomic E-state index is 0.208. The average Bonchev–Trinajstić information content (AvgIpc) is 2.47. The van der Waals surface area contributed by atoms with E-state index in [0.29, 0.717) is 5.56 Å². The van der Waals surface area contributed by atoms with Crippen LogP contribution in [0.1, 0.15) is 22.0 Å². The third-order valence-electron chi connectivity index (χ3n) is 2.88. The number of hydrogen-bond donors (Lipinski definition) is 2. The summed E-state index contributed by atoms with van der Waals surface area (Å²) in [5.74, 6) is -2.88. The van der Waals surface area contributed by atoms with Crippen LogP contribution in [0, 0.1) is 17.5 Å². The predicted molar refractivity (Wildman–Crippen MR) is 70.1 cm³/mol. The second kappa shape index (κ2) is 6.41. The van der Waals surface area contributed by atoms with Crippen LogP contribution in [0.2, 0.25) is 0 Å². The Morgan fingerprint density at radius 1 is 1.05 bits per heavy atom. The summed E-state index contributed by atoms with van der Waals surface area (Å²) in [6, 6.07) is 7.61. The summed E-state index contributed by atoms with van der Waals surface area (Å²) in [6.07, 6.45) is -1.08. The van der Waals surface area contributed by atoms with Gasteiger partial charge in [-0.3, -0.25) is 4.79 Å². The first-order valence-corrected chi connectivity index (χ1v) is 6.14. The van der Waals surface area contributed by atoms with Crippen molar-refractivity contribution < 1.29 is 23.1 Å². The normalized spacial score (nSPS) is 12.0. The standard InChI is InChI=1S/C15H12F3NO2/c16-10-3-1-9(2-4-10)14(20)8-19-15(21)12-7-11(17)5-6-13(12)18/h1-7,14,20H,8H2,(H,19,21). The fourth-order valence-electron chi connectivity index (χ4n) is 1.76. The first-order valence-electron chi connectivity index (χ1n) is 6.14. The van der Waals surface area contributed by atoms with Crippen molar-refractivity contribution >= 4 is 5.91 Å². The molecule has 0 aliphatic rings. The molecule has 1 unspecified atom stereocenters. The monoisotopic (exact) mass is 295 g/mol. The van der Waals surface area contributed by atoms with E-state index < -0.39 is 35.0 Å². The Hall–Kier alpha value is -2.34. The maximum atomic E-state index is 13.4. The van der Waals surface area contributed by atoms with Crippen molar-refractivity contribution in [3.05, 3.63) is 71.0 Å². The molecule has 1 amide bonds. The second-order valence-corrected chi connectivity index (χ2v) is 4.40. The van der Waals surface area contributed by atoms with Crippen LogP contribution in [0.25, 0.3) is 0 Å². The molecule has 0 saturated heterocycles. The Labute approximate surface area is 119 Å². The van der Waals surface area contributed by atoms with E-state index in [-0.39, 0.29) is 6.54 Å². The molecular formula is C15H12F3NO2. The molecule has 6 heteroatoms. The quantitative estimate of drug-likeness (QED) is 0.911. The molecule has 0 spiro atoms. The minimum atomic E-state index is -1.08. The first kappa shape index (κ1) is 15.1. The molecule has 110 valence electrons. The SMILES string of the molecule is O=C(NCC(O)c1ccc(F)cc1)c1cc(F)ccc1F. The van der Waals surface area contributed by atoms with Crippen LogP contribution in [0.3, 0.4) is 0 Å². The zero-order valence-corrected chi connectivity index (χ0v) is 10.8. The zero-order valence-electron chi connectivity index (χ0n) is 10.8. The molecule has 2 aromatic carbocycles. The van der Waals surface area contributed by atoms with Gasteiger partial charge in [-0.05, 0) is 35.9 Å². The van der Waals surface area contributed by atoms with E-state index in [0.717, 1.165) is 18.2 Å². The number of rotatable bonds is 4. The van der Waals surface area contributed by atoms with Gasteiger partial charge >= 0.3 is 0 Å². The van der Waals surface area contributed by atoms with Gasteiger partial charge in [-0.25, -0.2) is 13.2 Å². The van der Waals surface area contributed by atoms with Crippen LogP contribution in [-0.4, -0.2) is 17.6 Å². The highest BCUT2D eigenvalue weighted by atomic mass is 19.1. The Bertz CT molecular complexity index is 644. The van der Waals surface area contributed by atoms with E-state index in [9.17, 15) is 23.1 Å². The average molecular weight is 295 g/mol. The molecule has 0 heterocycles. The lowest BCUT2D eigenvalue weighted by Crippen LogP contribution is -2.29. The minimum Gasteiger partial charge on any atom is -0.387 e. The summed E-state index contributed by atoms with van der Waals surface area (Å²) in [4.78, 5) is 11.7. The van der Waals surface area contributed by atoms with Gasteiger partial charge in [-0.1, -0.05) is 12.1 Å². The van der Waals surface area contributed by atoms with Gasteiger partial charge in [0, 0.05) is 6.54 Å². The molecule has 21 heavy (non-hydrogen) atoms. The van der Waals surface area contributed by atoms with E-state index in [1.807, 2.05) is 0 Å². The predicted octanol–water partition coefficient (Wildman–Crippen LogP) is 2.57. The summed E-state index contributed by atoms with van der Waals surface area (Å²) >= 11 is 0. The van der Waals surface area contributed by atoms with Gasteiger partial charge in [0.15, 0.2) is 0 Å². The summed E-state index contributed by atoms with van der Waals surface area (Å²) in [5, 5.41) is 12.1. The first-order chi connectivity index (χ1) is 9.97. The highest BCUT2D eigenvalue weighted by Gasteiger charge is 2.15. The lowest BCUT2D eigenvalue weighted by molar-refractivity contribution is 0.0911. The molecule has 0 bridgehead atoms. The molecule has 0 fully saturated rings. The van der Waals surface area contributed by atoms with Gasteiger partial charge in [0.05, 0.1) is 11.7 Å². The number of halogens is 3. The van der Waals surface area contributed by atoms with Crippen LogP contribution in [0.4, 0.5) is 13.2 Å². The maximum absolute atomic E-state index is 13.4. The maximum Gasteiger partial charge on any atom is 0.254 e. The van der Waals surface area contributed by atoms with Crippen molar-refractivity contribution in [1.82, 2.24) is 5.32 Å². The van der Waals surface area contributed by atoms with Gasteiger partial charge in [0.1, 0.15) is 17.5 Å². The van der Waals surface area contributed by atoms with Gasteiger partial charge in [0.2, 0.25) is 0 Å². The van der Waals surface area contributed by atoms with Gasteiger partial charge in [0.25, 0.3) is 5.91 Å². The number of amides is 1. The van der Waals surface area contributed by atoms with Gasteiger partial charge < -0.3 is 10.4 Å². The van der Waals surface area contributed by atoms with Crippen molar-refractivity contribution in [1.29, 1.82) is 0 Å². The number of hydrogen-bond acceptors (Lipinski definition) is 2. The largest absolute Gasteiger partial charge is 0.387 e. The number of aliphatic hydroxyl groups excluding tert-OH is 1. The Kier molecular flexibility index (Phi) is 4.59. The summed E-state index contributed by atoms with van der Waals surface area (Å²) in [5.41, 5.74) is -0.0438. The topological polar surface area (TPSA) is 49.3 Å². The van der Waals surface area contributed by atoms with E-state index in [4.69, 9.17) is 0 Å². The lowest BCUT2D eigenvalue weighted by Gasteiger charge is -2.12. The Balaban J connectivity index is 2.00. The van der Waals surface area contributed by atoms with Crippen LogP contribution >= 0.6 is 0 Å². The molecule has 0 aromatic heterocycles. The Morgan fingerprint density at radius 3 is 2.33 bits per heavy atom. The fraction of sp³-hybridized carbons (Fsp3) is 0.133. The molecule has 2 N–H and O–H groups in total. The number of carbonyl (C=O) groups is 1. The van der Waals surface area contributed by atoms with Crippen molar-refractivity contribution in [3.63, 3.8) is 0 Å². The summed E-state index contributed by atoms with van der Waals surface area (Å²) in [6.45, 7) is -0.208. The molecular weight excluding hydrogens is 283 g/mol. The van der Waals surface area contributed by atoms with Crippen LogP contribution < -0.4 is 5.32 Å². The second-order valence-electron chi connectivity index (χ2n) is 4.40. The number of aliphatic hydroxyl groups is 1. The van der Waals surface area contributed by atoms with E-state index in [2.05, 4.69) is 5.32 Å². The molecule has 0 radical (unpaired) electrons. The molecule has 2 aromatic rings. The molecule has 0 saturated carbocycles. The van der Waals surface area contributed by atoms with Crippen LogP contribution in [0.5, 0.6) is 0 Å². The molecule has 0 aliphatic heterocycles. The number of benzene rings is 2. The van der Waals surface area contributed by atoms with Crippen molar-refractivity contribution in [2.75, 3.05) is 6.54 Å². The molecule has 1 atom stereocenters. The smallest absolute Gasteiger partial charge is 0.254 e. The lowest BCUT2D eigenvalue weighted by atomic mass is 10.1. The molecule has 0 aliphatic carbocycles. The van der Waals surface area contributed by atoms with Crippen molar-refractivity contribution in [3.8, 4) is 0 Å². The third-order valence-corrected chi connectivity index (χ3v) is 2.88. The highest BCUT2D eigenvalue weighted by molar-refractivity contribution is 5.94. The highest BCUT2D eigenvalue weighted by Crippen LogP contribution is 2.13. The van der Waals surface area contributed by atoms with Gasteiger partial charge in [-0.15, -0.1) is 0 Å². The van der Waals surface area contributed by atoms with Crippen LogP contribution in [-0.2, 0) is 0 Å². The Morgan fingerprint density at radius 2 is 1.67 bits per heavy atom. The summed E-state index contributed by atoms with van der Waals surface area (Å²) < 4.78 is 39.1. The fourth-order valence-corrected chi connectivity index (χ4v) is 1.76. The van der Waals surface area contributed by atoms with Crippen LogP contribution in [0.15, 0.2) is 42.5 Å². The van der Waals surface area contributed by atoms with E-state index in [1.54, 1.807) is 0 Å². The van der Waals surface area contributed by atoms with Crippen molar-refractivity contribution in [2.45, 2.75) is 6.10 Å². The number of carbonyl (C=O) groups excluding carboxylic acids is 1. The molecule has 3 nitrogen and oxygen atoms in total. The van der Waals surface area contributed by atoms with E-state index in [1.165, 1.54) is 24.3 Å². The summed E-state index contributed by atoms with van der Waals surface area (Å²) in [7, 11) is 0. The zero-order chi connectivity index (χ0) is 15.4.